The lowest BCUT2D eigenvalue weighted by Gasteiger charge is -2.20. The van der Waals surface area contributed by atoms with Crippen LogP contribution in [0.1, 0.15) is 22.3 Å². The third-order valence-electron chi connectivity index (χ3n) is 3.73. The van der Waals surface area contributed by atoms with Crippen LogP contribution in [0.25, 0.3) is 0 Å². The van der Waals surface area contributed by atoms with Gasteiger partial charge in [0.15, 0.2) is 0 Å². The fourth-order valence-corrected chi connectivity index (χ4v) is 2.30. The number of rotatable bonds is 5. The van der Waals surface area contributed by atoms with Gasteiger partial charge in [-0.1, -0.05) is 59.7 Å². The van der Waals surface area contributed by atoms with Crippen LogP contribution in [-0.2, 0) is 12.8 Å². The summed E-state index contributed by atoms with van der Waals surface area (Å²) in [5, 5.41) is 0. The Kier molecular flexibility index (Phi) is 4.94. The van der Waals surface area contributed by atoms with Crippen LogP contribution in [-0.4, -0.2) is 12.1 Å². The number of hydrogen-bond acceptors (Lipinski definition) is 2. The van der Waals surface area contributed by atoms with Crippen molar-refractivity contribution in [3.8, 4) is 0 Å². The second-order valence-corrected chi connectivity index (χ2v) is 5.71. The van der Waals surface area contributed by atoms with E-state index in [0.717, 1.165) is 12.8 Å². The molecule has 0 aromatic heterocycles. The van der Waals surface area contributed by atoms with Gasteiger partial charge in [0.1, 0.15) is 0 Å². The molecule has 0 aliphatic rings. The summed E-state index contributed by atoms with van der Waals surface area (Å²) in [6, 6.07) is 17.0. The van der Waals surface area contributed by atoms with Gasteiger partial charge in [-0.3, -0.25) is 0 Å². The van der Waals surface area contributed by atoms with Gasteiger partial charge >= 0.3 is 0 Å². The predicted molar refractivity (Wildman–Crippen MR) is 85.7 cm³/mol. The molecule has 2 heteroatoms. The van der Waals surface area contributed by atoms with E-state index in [1.54, 1.807) is 0 Å². The third-order valence-corrected chi connectivity index (χ3v) is 3.73. The highest BCUT2D eigenvalue weighted by Crippen LogP contribution is 2.10. The summed E-state index contributed by atoms with van der Waals surface area (Å²) < 4.78 is 0. The average Bonchev–Trinajstić information content (AvgIpc) is 2.44. The molecule has 4 N–H and O–H groups in total. The van der Waals surface area contributed by atoms with Crippen molar-refractivity contribution in [1.29, 1.82) is 0 Å². The first kappa shape index (κ1) is 14.8. The Bertz CT molecular complexity index is 477. The Morgan fingerprint density at radius 3 is 1.25 bits per heavy atom. The molecule has 0 aliphatic heterocycles. The second-order valence-electron chi connectivity index (χ2n) is 5.71. The maximum absolute atomic E-state index is 6.24. The summed E-state index contributed by atoms with van der Waals surface area (Å²) in [4.78, 5) is 0. The van der Waals surface area contributed by atoms with Crippen LogP contribution in [0.3, 0.4) is 0 Å². The maximum atomic E-state index is 6.24. The van der Waals surface area contributed by atoms with Gasteiger partial charge in [0.25, 0.3) is 0 Å². The van der Waals surface area contributed by atoms with Gasteiger partial charge in [-0.15, -0.1) is 0 Å². The van der Waals surface area contributed by atoms with Crippen LogP contribution in [0, 0.1) is 13.8 Å². The molecule has 2 atom stereocenters. The van der Waals surface area contributed by atoms with E-state index in [1.165, 1.54) is 22.3 Å². The van der Waals surface area contributed by atoms with Gasteiger partial charge in [-0.25, -0.2) is 0 Å². The zero-order valence-corrected chi connectivity index (χ0v) is 12.3. The first-order valence-corrected chi connectivity index (χ1v) is 7.17. The largest absolute Gasteiger partial charge is 0.326 e. The minimum absolute atomic E-state index is 0.0148. The molecule has 106 valence electrons. The standard InChI is InChI=1S/C18H24N2/c1-13-3-7-15(8-4-13)11-17(19)18(20)12-16-9-5-14(2)6-10-16/h3-10,17-18H,11-12,19-20H2,1-2H3/t17-,18-/m1/s1. The number of benzene rings is 2. The van der Waals surface area contributed by atoms with Crippen LogP contribution in [0.4, 0.5) is 0 Å². The Labute approximate surface area is 121 Å². The molecule has 0 saturated carbocycles. The number of hydrogen-bond donors (Lipinski definition) is 2. The molecule has 0 spiro atoms. The molecule has 0 unspecified atom stereocenters. The minimum Gasteiger partial charge on any atom is -0.326 e. The Hall–Kier alpha value is -1.64. The minimum atomic E-state index is -0.0148. The van der Waals surface area contributed by atoms with E-state index in [1.807, 2.05) is 0 Å². The highest BCUT2D eigenvalue weighted by atomic mass is 14.8. The lowest BCUT2D eigenvalue weighted by Crippen LogP contribution is -2.44. The molecule has 0 bridgehead atoms. The summed E-state index contributed by atoms with van der Waals surface area (Å²) in [5.74, 6) is 0. The second kappa shape index (κ2) is 6.69. The quantitative estimate of drug-likeness (QED) is 0.876. The molecule has 0 radical (unpaired) electrons. The molecule has 2 nitrogen and oxygen atoms in total. The SMILES string of the molecule is Cc1ccc(C[C@@H](N)[C@H](N)Cc2ccc(C)cc2)cc1. The first-order valence-electron chi connectivity index (χ1n) is 7.17. The zero-order valence-electron chi connectivity index (χ0n) is 12.3. The van der Waals surface area contributed by atoms with Crippen molar-refractivity contribution in [1.82, 2.24) is 0 Å². The van der Waals surface area contributed by atoms with Crippen molar-refractivity contribution in [2.24, 2.45) is 11.5 Å². The average molecular weight is 268 g/mol. The number of nitrogens with two attached hydrogens (primary N) is 2. The van der Waals surface area contributed by atoms with E-state index in [-0.39, 0.29) is 12.1 Å². The smallest absolute Gasteiger partial charge is 0.0236 e. The molecule has 0 heterocycles. The summed E-state index contributed by atoms with van der Waals surface area (Å²) in [5.41, 5.74) is 17.5. The summed E-state index contributed by atoms with van der Waals surface area (Å²) in [7, 11) is 0. The molecule has 2 aromatic carbocycles. The van der Waals surface area contributed by atoms with Gasteiger partial charge in [0.05, 0.1) is 0 Å². The fraction of sp³-hybridized carbons (Fsp3) is 0.333. The molecule has 2 rings (SSSR count). The van der Waals surface area contributed by atoms with Gasteiger partial charge in [-0.05, 0) is 37.8 Å². The van der Waals surface area contributed by atoms with Crippen molar-refractivity contribution in [3.05, 3.63) is 70.8 Å². The summed E-state index contributed by atoms with van der Waals surface area (Å²) in [6.07, 6.45) is 1.65. The third kappa shape index (κ3) is 4.19. The van der Waals surface area contributed by atoms with E-state index in [2.05, 4.69) is 62.4 Å². The molecule has 2 aromatic rings. The highest BCUT2D eigenvalue weighted by molar-refractivity contribution is 5.24. The molecule has 0 fully saturated rings. The highest BCUT2D eigenvalue weighted by Gasteiger charge is 2.14. The van der Waals surface area contributed by atoms with Gasteiger partial charge in [-0.2, -0.15) is 0 Å². The van der Waals surface area contributed by atoms with E-state index >= 15 is 0 Å². The molecular weight excluding hydrogens is 244 g/mol. The summed E-state index contributed by atoms with van der Waals surface area (Å²) in [6.45, 7) is 4.18. The van der Waals surface area contributed by atoms with E-state index in [4.69, 9.17) is 11.5 Å². The van der Waals surface area contributed by atoms with Crippen molar-refractivity contribution < 1.29 is 0 Å². The molecule has 20 heavy (non-hydrogen) atoms. The normalized spacial score (nSPS) is 14.0. The Morgan fingerprint density at radius 1 is 0.650 bits per heavy atom. The topological polar surface area (TPSA) is 52.0 Å². The van der Waals surface area contributed by atoms with Crippen LogP contribution < -0.4 is 11.5 Å². The van der Waals surface area contributed by atoms with Gasteiger partial charge in [0, 0.05) is 12.1 Å². The Balaban J connectivity index is 1.93. The molecule has 0 amide bonds. The predicted octanol–water partition coefficient (Wildman–Crippen LogP) is 2.74. The zero-order chi connectivity index (χ0) is 14.5. The lowest BCUT2D eigenvalue weighted by molar-refractivity contribution is 0.519. The van der Waals surface area contributed by atoms with Gasteiger partial charge in [0.2, 0.25) is 0 Å². The fourth-order valence-electron chi connectivity index (χ4n) is 2.30. The van der Waals surface area contributed by atoms with Crippen molar-refractivity contribution in [2.45, 2.75) is 38.8 Å². The molecule has 0 saturated heterocycles. The first-order chi connectivity index (χ1) is 9.54. The molecular formula is C18H24N2. The monoisotopic (exact) mass is 268 g/mol. The van der Waals surface area contributed by atoms with Crippen molar-refractivity contribution in [3.63, 3.8) is 0 Å². The van der Waals surface area contributed by atoms with Crippen molar-refractivity contribution >= 4 is 0 Å². The van der Waals surface area contributed by atoms with E-state index < -0.39 is 0 Å². The van der Waals surface area contributed by atoms with Crippen LogP contribution in [0.15, 0.2) is 48.5 Å². The van der Waals surface area contributed by atoms with Crippen molar-refractivity contribution in [2.75, 3.05) is 0 Å². The molecule has 0 aliphatic carbocycles. The van der Waals surface area contributed by atoms with E-state index in [9.17, 15) is 0 Å². The van der Waals surface area contributed by atoms with Crippen LogP contribution in [0.2, 0.25) is 0 Å². The van der Waals surface area contributed by atoms with Crippen LogP contribution >= 0.6 is 0 Å². The van der Waals surface area contributed by atoms with E-state index in [0.29, 0.717) is 0 Å². The lowest BCUT2D eigenvalue weighted by atomic mass is 9.95. The summed E-state index contributed by atoms with van der Waals surface area (Å²) >= 11 is 0. The Morgan fingerprint density at radius 2 is 0.950 bits per heavy atom. The maximum Gasteiger partial charge on any atom is 0.0236 e. The van der Waals surface area contributed by atoms with Crippen LogP contribution in [0.5, 0.6) is 0 Å². The number of aryl methyl sites for hydroxylation is 2. The van der Waals surface area contributed by atoms with Gasteiger partial charge < -0.3 is 11.5 Å².